The van der Waals surface area contributed by atoms with Gasteiger partial charge in [-0.15, -0.1) is 0 Å². The average molecular weight is 289 g/mol. The zero-order valence-corrected chi connectivity index (χ0v) is 13.1. The van der Waals surface area contributed by atoms with Crippen molar-refractivity contribution in [1.82, 2.24) is 4.90 Å². The molecule has 1 saturated heterocycles. The Morgan fingerprint density at radius 2 is 1.95 bits per heavy atom. The molecule has 1 aliphatic carbocycles. The maximum atomic E-state index is 11.5. The van der Waals surface area contributed by atoms with Crippen molar-refractivity contribution in [3.8, 4) is 0 Å². The minimum Gasteiger partial charge on any atom is -0.393 e. The van der Waals surface area contributed by atoms with E-state index < -0.39 is 9.84 Å². The van der Waals surface area contributed by atoms with Gasteiger partial charge in [0.15, 0.2) is 9.84 Å². The molecule has 5 unspecified atom stereocenters. The van der Waals surface area contributed by atoms with Crippen LogP contribution in [0.2, 0.25) is 0 Å². The molecule has 0 aromatic heterocycles. The molecule has 1 aliphatic heterocycles. The fourth-order valence-electron chi connectivity index (χ4n) is 3.78. The number of hydrogen-bond donors (Lipinski definition) is 1. The van der Waals surface area contributed by atoms with E-state index >= 15 is 0 Å². The third-order valence-corrected chi connectivity index (χ3v) is 6.72. The maximum absolute atomic E-state index is 11.5. The monoisotopic (exact) mass is 289 g/mol. The number of nitrogens with zero attached hydrogens (tertiary/aromatic N) is 1. The van der Waals surface area contributed by atoms with Gasteiger partial charge in [0, 0.05) is 18.5 Å². The topological polar surface area (TPSA) is 57.6 Å². The maximum Gasteiger partial charge on any atom is 0.151 e. The van der Waals surface area contributed by atoms with Crippen LogP contribution >= 0.6 is 0 Å². The standard InChI is InChI=1S/C14H27NO3S/c1-10-6-11(2)13(14(16)7-10)8-15(3)12-4-5-19(17,18)9-12/h10-14,16H,4-9H2,1-3H3. The molecular formula is C14H27NO3S. The van der Waals surface area contributed by atoms with Crippen molar-refractivity contribution in [3.63, 3.8) is 0 Å². The van der Waals surface area contributed by atoms with E-state index in [9.17, 15) is 13.5 Å². The summed E-state index contributed by atoms with van der Waals surface area (Å²) in [5.74, 6) is 2.00. The minimum atomic E-state index is -2.82. The zero-order valence-electron chi connectivity index (χ0n) is 12.2. The van der Waals surface area contributed by atoms with E-state index in [1.54, 1.807) is 0 Å². The number of aliphatic hydroxyl groups is 1. The molecule has 1 N–H and O–H groups in total. The summed E-state index contributed by atoms with van der Waals surface area (Å²) in [5.41, 5.74) is 0. The van der Waals surface area contributed by atoms with Crippen LogP contribution in [0, 0.1) is 17.8 Å². The summed E-state index contributed by atoms with van der Waals surface area (Å²) in [6, 6.07) is 0.142. The van der Waals surface area contributed by atoms with Gasteiger partial charge in [0.2, 0.25) is 0 Å². The first-order valence-corrected chi connectivity index (χ1v) is 9.19. The third kappa shape index (κ3) is 3.70. The molecule has 2 aliphatic rings. The molecule has 5 heteroatoms. The molecule has 112 valence electrons. The van der Waals surface area contributed by atoms with Gasteiger partial charge in [-0.1, -0.05) is 13.8 Å². The molecule has 2 fully saturated rings. The SMILES string of the molecule is CC1CC(C)C(CN(C)C2CCS(=O)(=O)C2)C(O)C1. The van der Waals surface area contributed by atoms with Gasteiger partial charge in [-0.25, -0.2) is 8.42 Å². The quantitative estimate of drug-likeness (QED) is 0.847. The van der Waals surface area contributed by atoms with Gasteiger partial charge in [0.05, 0.1) is 17.6 Å². The molecule has 0 aromatic rings. The largest absolute Gasteiger partial charge is 0.393 e. The van der Waals surface area contributed by atoms with E-state index in [2.05, 4.69) is 18.7 Å². The molecular weight excluding hydrogens is 262 g/mol. The van der Waals surface area contributed by atoms with Crippen LogP contribution in [0.1, 0.15) is 33.1 Å². The highest BCUT2D eigenvalue weighted by Crippen LogP contribution is 2.34. The van der Waals surface area contributed by atoms with Gasteiger partial charge >= 0.3 is 0 Å². The zero-order chi connectivity index (χ0) is 14.2. The van der Waals surface area contributed by atoms with Gasteiger partial charge in [0.1, 0.15) is 0 Å². The van der Waals surface area contributed by atoms with Crippen molar-refractivity contribution >= 4 is 9.84 Å². The van der Waals surface area contributed by atoms with Crippen LogP contribution < -0.4 is 0 Å². The van der Waals surface area contributed by atoms with Gasteiger partial charge in [-0.2, -0.15) is 0 Å². The summed E-state index contributed by atoms with van der Waals surface area (Å²) in [6.45, 7) is 5.22. The lowest BCUT2D eigenvalue weighted by Crippen LogP contribution is -2.44. The number of sulfone groups is 1. The second-order valence-electron chi connectivity index (χ2n) is 6.78. The Kier molecular flexibility index (Phi) is 4.58. The first-order valence-electron chi connectivity index (χ1n) is 7.37. The molecule has 1 heterocycles. The van der Waals surface area contributed by atoms with Crippen molar-refractivity contribution in [2.75, 3.05) is 25.1 Å². The van der Waals surface area contributed by atoms with Crippen LogP contribution in [0.15, 0.2) is 0 Å². The first kappa shape index (κ1) is 15.3. The minimum absolute atomic E-state index is 0.142. The van der Waals surface area contributed by atoms with Crippen LogP contribution in [-0.4, -0.2) is 55.7 Å². The van der Waals surface area contributed by atoms with Crippen LogP contribution in [0.25, 0.3) is 0 Å². The molecule has 5 atom stereocenters. The van der Waals surface area contributed by atoms with Crippen molar-refractivity contribution in [2.24, 2.45) is 17.8 Å². The highest BCUT2D eigenvalue weighted by molar-refractivity contribution is 7.91. The van der Waals surface area contributed by atoms with Gasteiger partial charge < -0.3 is 10.0 Å². The smallest absolute Gasteiger partial charge is 0.151 e. The first-order chi connectivity index (χ1) is 8.78. The summed E-state index contributed by atoms with van der Waals surface area (Å²) in [7, 11) is -0.818. The number of aliphatic hydroxyl groups excluding tert-OH is 1. The second-order valence-corrected chi connectivity index (χ2v) is 9.01. The van der Waals surface area contributed by atoms with Gasteiger partial charge in [-0.3, -0.25) is 0 Å². The van der Waals surface area contributed by atoms with Gasteiger partial charge in [-0.05, 0) is 38.1 Å². The van der Waals surface area contributed by atoms with E-state index in [1.165, 1.54) is 6.42 Å². The number of hydrogen-bond acceptors (Lipinski definition) is 4. The molecule has 0 amide bonds. The Morgan fingerprint density at radius 3 is 2.47 bits per heavy atom. The number of rotatable bonds is 3. The van der Waals surface area contributed by atoms with E-state index in [4.69, 9.17) is 0 Å². The Balaban J connectivity index is 1.93. The fourth-order valence-corrected chi connectivity index (χ4v) is 5.58. The lowest BCUT2D eigenvalue weighted by atomic mass is 9.73. The predicted molar refractivity (Wildman–Crippen MR) is 76.7 cm³/mol. The molecule has 0 radical (unpaired) electrons. The predicted octanol–water partition coefficient (Wildman–Crippen LogP) is 1.15. The molecule has 4 nitrogen and oxygen atoms in total. The molecule has 0 spiro atoms. The lowest BCUT2D eigenvalue weighted by Gasteiger charge is -2.40. The molecule has 0 bridgehead atoms. The highest BCUT2D eigenvalue weighted by atomic mass is 32.2. The van der Waals surface area contributed by atoms with Gasteiger partial charge in [0.25, 0.3) is 0 Å². The summed E-state index contributed by atoms with van der Waals surface area (Å²) in [6.07, 6.45) is 2.55. The summed E-state index contributed by atoms with van der Waals surface area (Å²) in [5, 5.41) is 10.3. The fraction of sp³-hybridized carbons (Fsp3) is 1.00. The van der Waals surface area contributed by atoms with Crippen LogP contribution in [0.4, 0.5) is 0 Å². The van der Waals surface area contributed by atoms with Crippen LogP contribution in [0.3, 0.4) is 0 Å². The Bertz CT molecular complexity index is 397. The van der Waals surface area contributed by atoms with E-state index in [-0.39, 0.29) is 23.8 Å². The normalized spacial score (nSPS) is 42.7. The van der Waals surface area contributed by atoms with Crippen molar-refractivity contribution in [1.29, 1.82) is 0 Å². The summed E-state index contributed by atoms with van der Waals surface area (Å²) in [4.78, 5) is 2.16. The Morgan fingerprint density at radius 1 is 1.26 bits per heavy atom. The molecule has 2 rings (SSSR count). The Labute approximate surface area is 117 Å². The average Bonchev–Trinajstić information content (AvgIpc) is 2.64. The van der Waals surface area contributed by atoms with Crippen LogP contribution in [-0.2, 0) is 9.84 Å². The highest BCUT2D eigenvalue weighted by Gasteiger charge is 2.36. The summed E-state index contributed by atoms with van der Waals surface area (Å²) >= 11 is 0. The Hall–Kier alpha value is -0.130. The van der Waals surface area contributed by atoms with Crippen LogP contribution in [0.5, 0.6) is 0 Å². The van der Waals surface area contributed by atoms with E-state index in [0.717, 1.165) is 19.4 Å². The van der Waals surface area contributed by atoms with Crippen molar-refractivity contribution < 1.29 is 13.5 Å². The lowest BCUT2D eigenvalue weighted by molar-refractivity contribution is -0.00272. The molecule has 0 aromatic carbocycles. The van der Waals surface area contributed by atoms with Crippen molar-refractivity contribution in [3.05, 3.63) is 0 Å². The van der Waals surface area contributed by atoms with Crippen molar-refractivity contribution in [2.45, 2.75) is 45.3 Å². The molecule has 1 saturated carbocycles. The third-order valence-electron chi connectivity index (χ3n) is 4.97. The molecule has 19 heavy (non-hydrogen) atoms. The van der Waals surface area contributed by atoms with E-state index in [0.29, 0.717) is 17.6 Å². The second kappa shape index (κ2) is 5.70. The van der Waals surface area contributed by atoms with E-state index in [1.807, 2.05) is 7.05 Å². The summed E-state index contributed by atoms with van der Waals surface area (Å²) < 4.78 is 23.1.